The maximum Gasteiger partial charge on any atom is 0.401 e. The number of alkyl halides is 3. The number of aromatic nitrogens is 5. The predicted molar refractivity (Wildman–Crippen MR) is 135 cm³/mol. The number of carbonyl (C=O) groups is 1. The Kier molecular flexibility index (Phi) is 6.61. The maximum absolute atomic E-state index is 14.8. The van der Waals surface area contributed by atoms with E-state index in [1.54, 1.807) is 18.5 Å². The molecule has 1 atom stereocenters. The second-order valence-corrected chi connectivity index (χ2v) is 10.2. The highest BCUT2D eigenvalue weighted by Crippen LogP contribution is 2.59. The first kappa shape index (κ1) is 26.1. The molecule has 1 saturated carbocycles. The first-order valence-electron chi connectivity index (χ1n) is 12.9. The van der Waals surface area contributed by atoms with Crippen LogP contribution in [0.2, 0.25) is 0 Å². The van der Waals surface area contributed by atoms with Crippen LogP contribution < -0.4 is 10.6 Å². The van der Waals surface area contributed by atoms with Crippen LogP contribution in [-0.4, -0.2) is 50.1 Å². The first-order valence-corrected chi connectivity index (χ1v) is 12.9. The zero-order valence-corrected chi connectivity index (χ0v) is 21.2. The Morgan fingerprint density at radius 3 is 2.62 bits per heavy atom. The molecule has 13 heteroatoms. The van der Waals surface area contributed by atoms with Crippen molar-refractivity contribution in [2.75, 3.05) is 18.4 Å². The van der Waals surface area contributed by atoms with Gasteiger partial charge >= 0.3 is 6.18 Å². The van der Waals surface area contributed by atoms with E-state index in [2.05, 4.69) is 30.9 Å². The van der Waals surface area contributed by atoms with Gasteiger partial charge in [-0.25, -0.2) is 14.4 Å². The van der Waals surface area contributed by atoms with Crippen LogP contribution in [-0.2, 0) is 23.1 Å². The largest absolute Gasteiger partial charge is 0.401 e. The fourth-order valence-electron chi connectivity index (χ4n) is 4.90. The van der Waals surface area contributed by atoms with Crippen LogP contribution in [0.5, 0.6) is 0 Å². The van der Waals surface area contributed by atoms with Crippen molar-refractivity contribution >= 4 is 11.7 Å². The van der Waals surface area contributed by atoms with E-state index in [1.807, 2.05) is 17.1 Å². The van der Waals surface area contributed by atoms with Crippen molar-refractivity contribution in [1.82, 2.24) is 30.2 Å². The molecule has 2 fully saturated rings. The molecule has 40 heavy (non-hydrogen) atoms. The molecule has 9 nitrogen and oxygen atoms in total. The molecule has 6 rings (SSSR count). The number of hydrogen-bond donors (Lipinski definition) is 2. The Balaban J connectivity index is 1.06. The molecule has 0 radical (unpaired) electrons. The number of carbonyl (C=O) groups excluding carboxylic acids is 1. The van der Waals surface area contributed by atoms with Gasteiger partial charge in [0.2, 0.25) is 5.91 Å². The van der Waals surface area contributed by atoms with E-state index in [0.717, 1.165) is 31.1 Å². The Morgan fingerprint density at radius 2 is 1.95 bits per heavy atom. The van der Waals surface area contributed by atoms with E-state index in [1.165, 1.54) is 12.1 Å². The van der Waals surface area contributed by atoms with Gasteiger partial charge in [0.05, 0.1) is 18.7 Å². The van der Waals surface area contributed by atoms with Gasteiger partial charge in [0.25, 0.3) is 0 Å². The van der Waals surface area contributed by atoms with E-state index in [0.29, 0.717) is 29.4 Å². The summed E-state index contributed by atoms with van der Waals surface area (Å²) in [6.07, 6.45) is 3.64. The number of benzene rings is 1. The molecule has 4 aromatic rings. The average Bonchev–Trinajstić information content (AvgIpc) is 3.27. The second-order valence-electron chi connectivity index (χ2n) is 10.2. The summed E-state index contributed by atoms with van der Waals surface area (Å²) in [5.74, 6) is -1.12. The molecule has 2 N–H and O–H groups in total. The van der Waals surface area contributed by atoms with E-state index < -0.39 is 23.3 Å². The second kappa shape index (κ2) is 10.1. The fraction of sp³-hybridized carbons (Fsp3) is 0.370. The summed E-state index contributed by atoms with van der Waals surface area (Å²) in [6.45, 7) is 1.89. The van der Waals surface area contributed by atoms with Crippen LogP contribution in [0.1, 0.15) is 48.0 Å². The number of halogens is 4. The minimum Gasteiger partial charge on any atom is -0.358 e. The van der Waals surface area contributed by atoms with Crippen LogP contribution in [0, 0.1) is 5.82 Å². The first-order chi connectivity index (χ1) is 19.2. The van der Waals surface area contributed by atoms with E-state index >= 15 is 0 Å². The van der Waals surface area contributed by atoms with Gasteiger partial charge in [-0.3, -0.25) is 9.48 Å². The van der Waals surface area contributed by atoms with E-state index in [-0.39, 0.29) is 36.4 Å². The third kappa shape index (κ3) is 5.20. The van der Waals surface area contributed by atoms with Gasteiger partial charge in [0.15, 0.2) is 11.6 Å². The highest BCUT2D eigenvalue weighted by Gasteiger charge is 2.66. The lowest BCUT2D eigenvalue weighted by Crippen LogP contribution is -2.28. The number of nitrogens with zero attached hydrogens (tertiary/aromatic N) is 5. The SMILES string of the molecule is O=C(Cc1ccc(-c2cnc(Cc3cnn(C4CCNC4)c3)nc2)cc1F)Nc1cc(C2(C(F)(F)F)CC2)on1. The molecule has 208 valence electrons. The van der Waals surface area contributed by atoms with Crippen LogP contribution in [0.3, 0.4) is 0 Å². The van der Waals surface area contributed by atoms with Crippen molar-refractivity contribution in [2.24, 2.45) is 0 Å². The summed E-state index contributed by atoms with van der Waals surface area (Å²) in [5.41, 5.74) is 0.231. The van der Waals surface area contributed by atoms with Crippen molar-refractivity contribution in [1.29, 1.82) is 0 Å². The van der Waals surface area contributed by atoms with Gasteiger partial charge in [-0.1, -0.05) is 17.3 Å². The number of hydrogen-bond acceptors (Lipinski definition) is 7. The molecule has 0 bridgehead atoms. The molecule has 1 aliphatic heterocycles. The summed E-state index contributed by atoms with van der Waals surface area (Å²) in [5, 5.41) is 13.7. The summed E-state index contributed by atoms with van der Waals surface area (Å²) >= 11 is 0. The van der Waals surface area contributed by atoms with Gasteiger partial charge in [-0.2, -0.15) is 18.3 Å². The van der Waals surface area contributed by atoms with E-state index in [4.69, 9.17) is 4.52 Å². The molecule has 1 aliphatic carbocycles. The molecule has 1 aromatic carbocycles. The molecular weight excluding hydrogens is 530 g/mol. The lowest BCUT2D eigenvalue weighted by molar-refractivity contribution is -0.165. The highest BCUT2D eigenvalue weighted by atomic mass is 19.4. The van der Waals surface area contributed by atoms with Crippen molar-refractivity contribution in [2.45, 2.75) is 49.7 Å². The molecule has 4 heterocycles. The Bertz CT molecular complexity index is 1520. The smallest absolute Gasteiger partial charge is 0.358 e. The summed E-state index contributed by atoms with van der Waals surface area (Å²) in [6, 6.07) is 5.84. The Labute approximate surface area is 226 Å². The normalized spacial score (nSPS) is 18.1. The van der Waals surface area contributed by atoms with Gasteiger partial charge in [-0.15, -0.1) is 0 Å². The molecule has 1 amide bonds. The third-order valence-corrected chi connectivity index (χ3v) is 7.41. The summed E-state index contributed by atoms with van der Waals surface area (Å²) in [7, 11) is 0. The van der Waals surface area contributed by atoms with Crippen molar-refractivity contribution in [3.8, 4) is 11.1 Å². The van der Waals surface area contributed by atoms with Crippen LogP contribution >= 0.6 is 0 Å². The maximum atomic E-state index is 14.8. The van der Waals surface area contributed by atoms with Crippen LogP contribution in [0.15, 0.2) is 53.6 Å². The standard InChI is InChI=1S/C27H25F4N7O2/c28-21-8-17(19-12-33-23(34-13-19)7-16-11-35-38(15-16)20-3-6-32-14-20)1-2-18(21)9-25(39)36-24-10-22(40-37-24)26(4-5-26)27(29,30)31/h1-2,8,10-13,15,20,32H,3-7,9,14H2,(H,36,37,39). The van der Waals surface area contributed by atoms with Gasteiger partial charge < -0.3 is 15.2 Å². The average molecular weight is 556 g/mol. The minimum atomic E-state index is -4.46. The van der Waals surface area contributed by atoms with Crippen LogP contribution in [0.4, 0.5) is 23.4 Å². The summed E-state index contributed by atoms with van der Waals surface area (Å²) < 4.78 is 61.5. The Hall–Kier alpha value is -4.13. The highest BCUT2D eigenvalue weighted by molar-refractivity contribution is 5.91. The fourth-order valence-corrected chi connectivity index (χ4v) is 4.90. The van der Waals surface area contributed by atoms with Gasteiger partial charge in [0, 0.05) is 43.2 Å². The number of rotatable bonds is 8. The molecule has 1 unspecified atom stereocenters. The number of nitrogens with one attached hydrogen (secondary N) is 2. The lowest BCUT2D eigenvalue weighted by Gasteiger charge is -2.14. The van der Waals surface area contributed by atoms with Gasteiger partial charge in [-0.05, 0) is 48.6 Å². The van der Waals surface area contributed by atoms with Gasteiger partial charge in [0.1, 0.15) is 17.1 Å². The van der Waals surface area contributed by atoms with Crippen LogP contribution in [0.25, 0.3) is 11.1 Å². The quantitative estimate of drug-likeness (QED) is 0.311. The molecular formula is C27H25F4N7O2. The predicted octanol–water partition coefficient (Wildman–Crippen LogP) is 4.37. The molecule has 1 saturated heterocycles. The third-order valence-electron chi connectivity index (χ3n) is 7.41. The zero-order chi connectivity index (χ0) is 27.9. The zero-order valence-electron chi connectivity index (χ0n) is 21.2. The summed E-state index contributed by atoms with van der Waals surface area (Å²) in [4.78, 5) is 21.2. The molecule has 0 spiro atoms. The Morgan fingerprint density at radius 1 is 1.15 bits per heavy atom. The van der Waals surface area contributed by atoms with E-state index in [9.17, 15) is 22.4 Å². The molecule has 3 aromatic heterocycles. The minimum absolute atomic E-state index is 0.0888. The lowest BCUT2D eigenvalue weighted by atomic mass is 10.0. The molecule has 2 aliphatic rings. The van der Waals surface area contributed by atoms with Crippen molar-refractivity contribution < 1.29 is 26.9 Å². The van der Waals surface area contributed by atoms with Crippen molar-refractivity contribution in [3.05, 3.63) is 77.6 Å². The van der Waals surface area contributed by atoms with Crippen molar-refractivity contribution in [3.63, 3.8) is 0 Å². The monoisotopic (exact) mass is 555 g/mol. The number of amides is 1. The topological polar surface area (TPSA) is 111 Å². The number of anilines is 1.